The second kappa shape index (κ2) is 7.69. The summed E-state index contributed by atoms with van der Waals surface area (Å²) in [6.07, 6.45) is 3.42. The fraction of sp³-hybridized carbons (Fsp3) is 0.450. The van der Waals surface area contributed by atoms with Gasteiger partial charge in [-0.2, -0.15) is 8.78 Å². The molecule has 0 fully saturated rings. The fourth-order valence-electron chi connectivity index (χ4n) is 3.53. The molecule has 0 saturated heterocycles. The molecule has 3 heterocycles. The summed E-state index contributed by atoms with van der Waals surface area (Å²) >= 11 is 0. The Morgan fingerprint density at radius 3 is 2.57 bits per heavy atom. The Bertz CT molecular complexity index is 1070. The standard InChI is InChI=1S/C20H24F2N4O2/c1-6-7-11(2)14-9-13(4)26-17(14)19(27)25(5)18(24-26)15-10-23-16(8-12(15)3)28-20(21)22/h8-11,20H,6-7H2,1-5H3. The summed E-state index contributed by atoms with van der Waals surface area (Å²) in [6, 6.07) is 3.42. The zero-order valence-electron chi connectivity index (χ0n) is 16.7. The quantitative estimate of drug-likeness (QED) is 0.632. The molecule has 3 aromatic rings. The van der Waals surface area contributed by atoms with Gasteiger partial charge in [-0.25, -0.2) is 9.50 Å². The molecular weight excluding hydrogens is 366 g/mol. The molecule has 150 valence electrons. The number of aryl methyl sites for hydroxylation is 2. The van der Waals surface area contributed by atoms with Crippen LogP contribution in [-0.4, -0.2) is 25.8 Å². The molecule has 0 amide bonds. The molecule has 28 heavy (non-hydrogen) atoms. The summed E-state index contributed by atoms with van der Waals surface area (Å²) < 4.78 is 32.3. The van der Waals surface area contributed by atoms with Crippen LogP contribution in [0.2, 0.25) is 0 Å². The number of hydrogen-bond donors (Lipinski definition) is 0. The van der Waals surface area contributed by atoms with Gasteiger partial charge in [-0.05, 0) is 43.4 Å². The van der Waals surface area contributed by atoms with Crippen LogP contribution in [0.25, 0.3) is 16.9 Å². The summed E-state index contributed by atoms with van der Waals surface area (Å²) in [5, 5.41) is 4.67. The SMILES string of the molecule is CCCC(C)c1cc(C)n2nc(-c3cnc(OC(F)F)cc3C)n(C)c(=O)c12. The Morgan fingerprint density at radius 1 is 1.25 bits per heavy atom. The normalized spacial score (nSPS) is 12.7. The van der Waals surface area contributed by atoms with Gasteiger partial charge in [0.1, 0.15) is 5.52 Å². The molecule has 0 aromatic carbocycles. The number of nitrogens with zero attached hydrogens (tertiary/aromatic N) is 4. The summed E-state index contributed by atoms with van der Waals surface area (Å²) in [5.41, 5.74) is 3.51. The maximum Gasteiger partial charge on any atom is 0.388 e. The molecule has 0 aliphatic heterocycles. The van der Waals surface area contributed by atoms with Crippen molar-refractivity contribution in [1.82, 2.24) is 19.2 Å². The van der Waals surface area contributed by atoms with Crippen LogP contribution >= 0.6 is 0 Å². The van der Waals surface area contributed by atoms with Crippen molar-refractivity contribution in [3.05, 3.63) is 45.5 Å². The lowest BCUT2D eigenvalue weighted by atomic mass is 9.97. The molecule has 3 rings (SSSR count). The highest BCUT2D eigenvalue weighted by atomic mass is 19.3. The number of fused-ring (bicyclic) bond motifs is 1. The average Bonchev–Trinajstić information content (AvgIpc) is 2.95. The van der Waals surface area contributed by atoms with E-state index in [-0.39, 0.29) is 17.4 Å². The molecule has 1 atom stereocenters. The third-order valence-corrected chi connectivity index (χ3v) is 4.99. The van der Waals surface area contributed by atoms with Crippen LogP contribution in [0.4, 0.5) is 8.78 Å². The van der Waals surface area contributed by atoms with Gasteiger partial charge in [0.15, 0.2) is 5.82 Å². The second-order valence-electron chi connectivity index (χ2n) is 7.09. The van der Waals surface area contributed by atoms with E-state index in [1.54, 1.807) is 18.5 Å². The van der Waals surface area contributed by atoms with Gasteiger partial charge in [0.25, 0.3) is 5.56 Å². The minimum atomic E-state index is -2.94. The van der Waals surface area contributed by atoms with Gasteiger partial charge in [0, 0.05) is 30.6 Å². The number of ether oxygens (including phenoxy) is 1. The van der Waals surface area contributed by atoms with Crippen LogP contribution < -0.4 is 10.3 Å². The fourth-order valence-corrected chi connectivity index (χ4v) is 3.53. The van der Waals surface area contributed by atoms with Crippen molar-refractivity contribution in [1.29, 1.82) is 0 Å². The van der Waals surface area contributed by atoms with Gasteiger partial charge in [-0.3, -0.25) is 9.36 Å². The summed E-state index contributed by atoms with van der Waals surface area (Å²) in [4.78, 5) is 17.1. The van der Waals surface area contributed by atoms with E-state index in [9.17, 15) is 13.6 Å². The van der Waals surface area contributed by atoms with Gasteiger partial charge >= 0.3 is 6.61 Å². The lowest BCUT2D eigenvalue weighted by Crippen LogP contribution is -2.24. The van der Waals surface area contributed by atoms with E-state index in [4.69, 9.17) is 0 Å². The van der Waals surface area contributed by atoms with Gasteiger partial charge in [-0.1, -0.05) is 20.3 Å². The van der Waals surface area contributed by atoms with Crippen molar-refractivity contribution in [2.24, 2.45) is 7.05 Å². The van der Waals surface area contributed by atoms with Crippen LogP contribution in [0.5, 0.6) is 5.88 Å². The largest absolute Gasteiger partial charge is 0.417 e. The van der Waals surface area contributed by atoms with Crippen molar-refractivity contribution in [3.63, 3.8) is 0 Å². The van der Waals surface area contributed by atoms with Crippen LogP contribution in [0.1, 0.15) is 49.4 Å². The Kier molecular flexibility index (Phi) is 5.49. The van der Waals surface area contributed by atoms with Crippen molar-refractivity contribution in [2.75, 3.05) is 0 Å². The van der Waals surface area contributed by atoms with Crippen molar-refractivity contribution in [2.45, 2.75) is 53.1 Å². The number of hydrogen-bond acceptors (Lipinski definition) is 4. The number of rotatable bonds is 6. The van der Waals surface area contributed by atoms with Gasteiger partial charge in [-0.15, -0.1) is 5.10 Å². The predicted octanol–water partition coefficient (Wildman–Crippen LogP) is 4.22. The van der Waals surface area contributed by atoms with Gasteiger partial charge < -0.3 is 4.74 Å². The third-order valence-electron chi connectivity index (χ3n) is 4.99. The molecule has 1 unspecified atom stereocenters. The first kappa shape index (κ1) is 20.0. The molecular formula is C20H24F2N4O2. The third kappa shape index (κ3) is 3.50. The number of halogens is 2. The topological polar surface area (TPSA) is 61.4 Å². The van der Waals surface area contributed by atoms with E-state index in [2.05, 4.69) is 28.7 Å². The predicted molar refractivity (Wildman–Crippen MR) is 103 cm³/mol. The zero-order valence-corrected chi connectivity index (χ0v) is 16.7. The van der Waals surface area contributed by atoms with E-state index in [1.165, 1.54) is 16.8 Å². The maximum atomic E-state index is 13.1. The van der Waals surface area contributed by atoms with Crippen molar-refractivity contribution in [3.8, 4) is 17.3 Å². The molecule has 3 aromatic heterocycles. The summed E-state index contributed by atoms with van der Waals surface area (Å²) in [7, 11) is 1.66. The molecule has 6 nitrogen and oxygen atoms in total. The van der Waals surface area contributed by atoms with Gasteiger partial charge in [0.2, 0.25) is 5.88 Å². The minimum absolute atomic E-state index is 0.150. The first-order valence-electron chi connectivity index (χ1n) is 9.25. The van der Waals surface area contributed by atoms with Crippen LogP contribution in [0.15, 0.2) is 23.1 Å². The zero-order chi connectivity index (χ0) is 20.6. The van der Waals surface area contributed by atoms with E-state index in [1.807, 2.05) is 13.0 Å². The number of pyridine rings is 1. The second-order valence-corrected chi connectivity index (χ2v) is 7.09. The van der Waals surface area contributed by atoms with E-state index >= 15 is 0 Å². The lowest BCUT2D eigenvalue weighted by Gasteiger charge is -2.13. The smallest absolute Gasteiger partial charge is 0.388 e. The maximum absolute atomic E-state index is 13.1. The monoisotopic (exact) mass is 390 g/mol. The van der Waals surface area contributed by atoms with Crippen molar-refractivity contribution < 1.29 is 13.5 Å². The van der Waals surface area contributed by atoms with Crippen LogP contribution in [0, 0.1) is 13.8 Å². The molecule has 0 saturated carbocycles. The highest BCUT2D eigenvalue weighted by molar-refractivity contribution is 5.63. The minimum Gasteiger partial charge on any atom is -0.417 e. The van der Waals surface area contributed by atoms with E-state index < -0.39 is 6.61 Å². The molecule has 0 N–H and O–H groups in total. The highest BCUT2D eigenvalue weighted by Gasteiger charge is 2.20. The molecule has 0 spiro atoms. The Labute approximate surface area is 161 Å². The number of alkyl halides is 2. The van der Waals surface area contributed by atoms with E-state index in [0.29, 0.717) is 22.5 Å². The molecule has 0 aliphatic rings. The Morgan fingerprint density at radius 2 is 1.96 bits per heavy atom. The highest BCUT2D eigenvalue weighted by Crippen LogP contribution is 2.28. The van der Waals surface area contributed by atoms with Gasteiger partial charge in [0.05, 0.1) is 0 Å². The average molecular weight is 390 g/mol. The lowest BCUT2D eigenvalue weighted by molar-refractivity contribution is -0.0528. The molecule has 0 bridgehead atoms. The summed E-state index contributed by atoms with van der Waals surface area (Å²) in [5.74, 6) is 0.498. The van der Waals surface area contributed by atoms with Crippen LogP contribution in [-0.2, 0) is 7.05 Å². The van der Waals surface area contributed by atoms with E-state index in [0.717, 1.165) is 24.1 Å². The summed E-state index contributed by atoms with van der Waals surface area (Å²) in [6.45, 7) is 4.94. The molecule has 8 heteroatoms. The van der Waals surface area contributed by atoms with Crippen LogP contribution in [0.3, 0.4) is 0 Å². The first-order valence-corrected chi connectivity index (χ1v) is 9.25. The Balaban J connectivity index is 2.18. The molecule has 0 radical (unpaired) electrons. The Hall–Kier alpha value is -2.77. The molecule has 0 aliphatic carbocycles. The first-order chi connectivity index (χ1) is 13.2. The van der Waals surface area contributed by atoms with Crippen molar-refractivity contribution >= 4 is 5.52 Å². The number of aromatic nitrogens is 4.